The molecule has 0 aliphatic carbocycles. The molecule has 0 radical (unpaired) electrons. The van der Waals surface area contributed by atoms with Gasteiger partial charge in [0, 0.05) is 56.1 Å². The molecular formula is C30H44N6O2. The van der Waals surface area contributed by atoms with E-state index in [9.17, 15) is 4.79 Å². The normalized spacial score (nSPS) is 18.7. The molecule has 38 heavy (non-hydrogen) atoms. The van der Waals surface area contributed by atoms with Crippen molar-refractivity contribution in [2.75, 3.05) is 75.8 Å². The summed E-state index contributed by atoms with van der Waals surface area (Å²) >= 11 is 0. The van der Waals surface area contributed by atoms with Crippen molar-refractivity contribution in [3.63, 3.8) is 0 Å². The van der Waals surface area contributed by atoms with Crippen molar-refractivity contribution in [1.82, 2.24) is 19.8 Å². The third-order valence-corrected chi connectivity index (χ3v) is 7.83. The number of nitrogens with zero attached hydrogens (tertiary/aromatic N) is 6. The van der Waals surface area contributed by atoms with Gasteiger partial charge < -0.3 is 24.3 Å². The average Bonchev–Trinajstić information content (AvgIpc) is 3.54. The Kier molecular flexibility index (Phi) is 8.19. The molecule has 8 nitrogen and oxygen atoms in total. The number of hydrogen-bond donors (Lipinski definition) is 0. The van der Waals surface area contributed by atoms with Crippen molar-refractivity contribution >= 4 is 17.5 Å². The topological polar surface area (TPSA) is 65.0 Å². The third-order valence-electron chi connectivity index (χ3n) is 7.83. The highest BCUT2D eigenvalue weighted by Gasteiger charge is 2.28. The number of likely N-dealkylation sites (tertiary alicyclic amines) is 1. The molecular weight excluding hydrogens is 476 g/mol. The summed E-state index contributed by atoms with van der Waals surface area (Å²) in [5, 5.41) is 0. The maximum absolute atomic E-state index is 12.8. The van der Waals surface area contributed by atoms with Gasteiger partial charge in [-0.3, -0.25) is 4.79 Å². The molecule has 3 aliphatic rings. The molecule has 5 rings (SSSR count). The largest absolute Gasteiger partial charge is 0.460 e. The van der Waals surface area contributed by atoms with Crippen LogP contribution in [-0.4, -0.2) is 97.3 Å². The summed E-state index contributed by atoms with van der Waals surface area (Å²) in [5.41, 5.74) is 3.62. The van der Waals surface area contributed by atoms with Crippen LogP contribution in [-0.2, 0) is 22.4 Å². The number of carbonyl (C=O) groups is 1. The Hall–Kier alpha value is -2.71. The monoisotopic (exact) mass is 520 g/mol. The van der Waals surface area contributed by atoms with Crippen molar-refractivity contribution in [3.05, 3.63) is 35.5 Å². The molecule has 0 saturated carbocycles. The number of piperazine rings is 1. The number of carbonyl (C=O) groups excluding carboxylic acids is 1. The van der Waals surface area contributed by atoms with E-state index in [-0.39, 0.29) is 12.4 Å². The highest BCUT2D eigenvalue weighted by Crippen LogP contribution is 2.32. The smallest absolute Gasteiger partial charge is 0.312 e. The zero-order valence-electron chi connectivity index (χ0n) is 23.7. The number of rotatable bonds is 8. The van der Waals surface area contributed by atoms with Crippen molar-refractivity contribution in [2.45, 2.75) is 58.5 Å². The molecule has 2 saturated heterocycles. The van der Waals surface area contributed by atoms with Crippen molar-refractivity contribution in [1.29, 1.82) is 0 Å². The number of anilines is 2. The van der Waals surface area contributed by atoms with E-state index in [1.54, 1.807) is 0 Å². The highest BCUT2D eigenvalue weighted by molar-refractivity contribution is 5.75. The minimum atomic E-state index is -0.517. The van der Waals surface area contributed by atoms with Gasteiger partial charge in [0.25, 0.3) is 0 Å². The lowest BCUT2D eigenvalue weighted by Gasteiger charge is -2.34. The molecule has 206 valence electrons. The van der Waals surface area contributed by atoms with E-state index in [1.165, 1.54) is 31.6 Å². The number of fused-ring (bicyclic) bond motifs is 1. The number of hydrogen-bond acceptors (Lipinski definition) is 8. The van der Waals surface area contributed by atoms with E-state index >= 15 is 0 Å². The first kappa shape index (κ1) is 26.9. The molecule has 4 heterocycles. The number of esters is 1. The van der Waals surface area contributed by atoms with Gasteiger partial charge in [0.05, 0.1) is 12.1 Å². The Bertz CT molecular complexity index is 1100. The second kappa shape index (κ2) is 11.6. The fourth-order valence-electron chi connectivity index (χ4n) is 5.77. The number of likely N-dealkylation sites (N-methyl/N-ethyl adjacent to an activating group) is 1. The Labute approximate surface area is 228 Å². The minimum Gasteiger partial charge on any atom is -0.460 e. The van der Waals surface area contributed by atoms with E-state index in [0.717, 1.165) is 81.3 Å². The summed E-state index contributed by atoms with van der Waals surface area (Å²) in [7, 11) is 2.18. The number of aromatic nitrogens is 2. The quantitative estimate of drug-likeness (QED) is 0.489. The first-order valence-electron chi connectivity index (χ1n) is 14.4. The van der Waals surface area contributed by atoms with E-state index in [0.29, 0.717) is 5.82 Å². The summed E-state index contributed by atoms with van der Waals surface area (Å²) in [6.45, 7) is 15.5. The Morgan fingerprint density at radius 2 is 1.63 bits per heavy atom. The standard InChI is InChI=1S/C30H44N6O2/c1-30(2,3)38-27(37)22-26-25-12-17-36(16-7-15-34-13-5-6-14-34)29(25)32-28(31-26)23-8-10-24(11-9-23)35-20-18-33(4)19-21-35/h8-11H,5-7,12-22H2,1-4H3. The van der Waals surface area contributed by atoms with Crippen LogP contribution in [0.25, 0.3) is 11.4 Å². The molecule has 0 N–H and O–H groups in total. The van der Waals surface area contributed by atoms with Crippen LogP contribution < -0.4 is 9.80 Å². The molecule has 8 heteroatoms. The highest BCUT2D eigenvalue weighted by atomic mass is 16.6. The van der Waals surface area contributed by atoms with Crippen molar-refractivity contribution < 1.29 is 9.53 Å². The predicted octanol–water partition coefficient (Wildman–Crippen LogP) is 3.63. The van der Waals surface area contributed by atoms with Crippen LogP contribution in [0.2, 0.25) is 0 Å². The lowest BCUT2D eigenvalue weighted by atomic mass is 10.1. The van der Waals surface area contributed by atoms with Gasteiger partial charge in [-0.2, -0.15) is 0 Å². The minimum absolute atomic E-state index is 0.177. The molecule has 2 fully saturated rings. The Morgan fingerprint density at radius 3 is 2.32 bits per heavy atom. The van der Waals surface area contributed by atoms with Gasteiger partial charge in [-0.15, -0.1) is 0 Å². The van der Waals surface area contributed by atoms with Gasteiger partial charge in [0.15, 0.2) is 5.82 Å². The maximum Gasteiger partial charge on any atom is 0.312 e. The lowest BCUT2D eigenvalue weighted by molar-refractivity contribution is -0.154. The summed E-state index contributed by atoms with van der Waals surface area (Å²) in [6.07, 6.45) is 4.82. The van der Waals surface area contributed by atoms with Crippen LogP contribution in [0.5, 0.6) is 0 Å². The fourth-order valence-corrected chi connectivity index (χ4v) is 5.77. The third kappa shape index (κ3) is 6.64. The SMILES string of the molecule is CN1CCN(c2ccc(-c3nc(CC(=O)OC(C)(C)C)c4c(n3)N(CCCN3CCCC3)CC4)cc2)CC1. The van der Waals surface area contributed by atoms with Crippen molar-refractivity contribution in [3.8, 4) is 11.4 Å². The van der Waals surface area contributed by atoms with Crippen LogP contribution in [0.3, 0.4) is 0 Å². The predicted molar refractivity (Wildman–Crippen MR) is 153 cm³/mol. The molecule has 3 aliphatic heterocycles. The zero-order chi connectivity index (χ0) is 26.7. The summed E-state index contributed by atoms with van der Waals surface area (Å²) in [6, 6.07) is 8.61. The maximum atomic E-state index is 12.8. The van der Waals surface area contributed by atoms with Crippen LogP contribution in [0.15, 0.2) is 24.3 Å². The summed E-state index contributed by atoms with van der Waals surface area (Å²) in [5.74, 6) is 1.46. The second-order valence-corrected chi connectivity index (χ2v) is 12.0. The summed E-state index contributed by atoms with van der Waals surface area (Å²) < 4.78 is 5.66. The fraction of sp³-hybridized carbons (Fsp3) is 0.633. The van der Waals surface area contributed by atoms with Gasteiger partial charge in [-0.05, 0) is 97.4 Å². The molecule has 0 bridgehead atoms. The molecule has 2 aromatic rings. The molecule has 1 aromatic heterocycles. The Morgan fingerprint density at radius 1 is 0.921 bits per heavy atom. The Balaban J connectivity index is 1.37. The van der Waals surface area contributed by atoms with Crippen LogP contribution in [0.1, 0.15) is 51.3 Å². The van der Waals surface area contributed by atoms with Crippen LogP contribution in [0, 0.1) is 0 Å². The van der Waals surface area contributed by atoms with Gasteiger partial charge in [0.2, 0.25) is 0 Å². The molecule has 0 spiro atoms. The van der Waals surface area contributed by atoms with E-state index in [1.807, 2.05) is 20.8 Å². The lowest BCUT2D eigenvalue weighted by Crippen LogP contribution is -2.44. The average molecular weight is 521 g/mol. The molecule has 0 amide bonds. The van der Waals surface area contributed by atoms with Crippen molar-refractivity contribution in [2.24, 2.45) is 0 Å². The zero-order valence-corrected chi connectivity index (χ0v) is 23.7. The summed E-state index contributed by atoms with van der Waals surface area (Å²) in [4.78, 5) is 32.6. The number of ether oxygens (including phenoxy) is 1. The molecule has 0 atom stereocenters. The van der Waals surface area contributed by atoms with E-state index < -0.39 is 5.60 Å². The first-order chi connectivity index (χ1) is 18.2. The van der Waals surface area contributed by atoms with E-state index in [2.05, 4.69) is 50.9 Å². The van der Waals surface area contributed by atoms with E-state index in [4.69, 9.17) is 14.7 Å². The van der Waals surface area contributed by atoms with Gasteiger partial charge in [0.1, 0.15) is 11.4 Å². The first-order valence-corrected chi connectivity index (χ1v) is 14.4. The van der Waals surface area contributed by atoms with Gasteiger partial charge in [-0.1, -0.05) is 0 Å². The van der Waals surface area contributed by atoms with Gasteiger partial charge in [-0.25, -0.2) is 9.97 Å². The molecule has 1 aromatic carbocycles. The second-order valence-electron chi connectivity index (χ2n) is 12.0. The number of benzene rings is 1. The molecule has 0 unspecified atom stereocenters. The van der Waals surface area contributed by atoms with Crippen LogP contribution >= 0.6 is 0 Å². The van der Waals surface area contributed by atoms with Crippen LogP contribution in [0.4, 0.5) is 11.5 Å². The van der Waals surface area contributed by atoms with Gasteiger partial charge >= 0.3 is 5.97 Å².